The molecule has 2 heterocycles. The molecule has 172 valence electrons. The number of carbonyl (C=O) groups excluding carboxylic acids is 3. The van der Waals surface area contributed by atoms with Crippen LogP contribution in [-0.2, 0) is 9.59 Å². The number of amides is 3. The number of hydrogen-bond acceptors (Lipinski definition) is 7. The van der Waals surface area contributed by atoms with E-state index in [0.29, 0.717) is 23.0 Å². The Labute approximate surface area is 210 Å². The minimum absolute atomic E-state index is 0.0764. The van der Waals surface area contributed by atoms with Crippen molar-refractivity contribution in [2.24, 2.45) is 0 Å². The van der Waals surface area contributed by atoms with Crippen molar-refractivity contribution in [3.8, 4) is 11.3 Å². The van der Waals surface area contributed by atoms with Gasteiger partial charge in [0.2, 0.25) is 5.91 Å². The first kappa shape index (κ1) is 23.7. The molecule has 0 bridgehead atoms. The molecule has 1 aliphatic rings. The topological polar surface area (TPSA) is 123 Å². The van der Waals surface area contributed by atoms with Crippen LogP contribution in [0.15, 0.2) is 68.4 Å². The summed E-state index contributed by atoms with van der Waals surface area (Å²) in [5, 5.41) is 13.3. The lowest BCUT2D eigenvalue weighted by Gasteiger charge is -2.12. The second-order valence-electron chi connectivity index (χ2n) is 6.95. The van der Waals surface area contributed by atoms with Crippen molar-refractivity contribution in [1.82, 2.24) is 4.90 Å². The SMILES string of the molecule is O=C(CN1C(=O)S/C(=C/c2ccc(-c3cc([N+](=O)[O-])ccc3Cl)o2)C1=O)Nc1ccc(Br)cc1. The number of imide groups is 1. The van der Waals surface area contributed by atoms with Gasteiger partial charge in [-0.15, -0.1) is 0 Å². The van der Waals surface area contributed by atoms with Gasteiger partial charge < -0.3 is 9.73 Å². The minimum atomic E-state index is -0.632. The van der Waals surface area contributed by atoms with Crippen LogP contribution in [-0.4, -0.2) is 33.4 Å². The zero-order valence-electron chi connectivity index (χ0n) is 17.0. The lowest BCUT2D eigenvalue weighted by Crippen LogP contribution is -2.36. The van der Waals surface area contributed by atoms with Crippen molar-refractivity contribution >= 4 is 73.8 Å². The highest BCUT2D eigenvalue weighted by Gasteiger charge is 2.36. The molecule has 3 amide bonds. The van der Waals surface area contributed by atoms with E-state index in [1.165, 1.54) is 24.3 Å². The summed E-state index contributed by atoms with van der Waals surface area (Å²) in [7, 11) is 0. The molecule has 0 atom stereocenters. The zero-order valence-corrected chi connectivity index (χ0v) is 20.1. The molecule has 0 unspecified atom stereocenters. The van der Waals surface area contributed by atoms with Gasteiger partial charge in [0.05, 0.1) is 14.9 Å². The number of non-ortho nitro benzene ring substituents is 1. The Hall–Kier alpha value is -3.41. The highest BCUT2D eigenvalue weighted by atomic mass is 79.9. The van der Waals surface area contributed by atoms with Crippen molar-refractivity contribution in [2.45, 2.75) is 0 Å². The monoisotopic (exact) mass is 561 g/mol. The van der Waals surface area contributed by atoms with Crippen molar-refractivity contribution in [3.05, 3.63) is 84.9 Å². The van der Waals surface area contributed by atoms with E-state index in [1.807, 2.05) is 0 Å². The van der Waals surface area contributed by atoms with Crippen molar-refractivity contribution in [3.63, 3.8) is 0 Å². The molecule has 2 aromatic carbocycles. The van der Waals surface area contributed by atoms with Gasteiger partial charge in [-0.05, 0) is 54.2 Å². The third-order valence-electron chi connectivity index (χ3n) is 4.63. The Morgan fingerprint density at radius 2 is 1.91 bits per heavy atom. The van der Waals surface area contributed by atoms with Crippen LogP contribution < -0.4 is 5.32 Å². The van der Waals surface area contributed by atoms with Crippen molar-refractivity contribution < 1.29 is 23.7 Å². The number of rotatable bonds is 6. The Morgan fingerprint density at radius 3 is 2.62 bits per heavy atom. The van der Waals surface area contributed by atoms with E-state index >= 15 is 0 Å². The fourth-order valence-electron chi connectivity index (χ4n) is 3.03. The Kier molecular flexibility index (Phi) is 6.87. The van der Waals surface area contributed by atoms with Gasteiger partial charge in [0.15, 0.2) is 0 Å². The molecular formula is C22H13BrClN3O6S. The van der Waals surface area contributed by atoms with Gasteiger partial charge in [-0.25, -0.2) is 0 Å². The number of halogens is 2. The smallest absolute Gasteiger partial charge is 0.294 e. The van der Waals surface area contributed by atoms with Gasteiger partial charge in [0.1, 0.15) is 18.1 Å². The average molecular weight is 563 g/mol. The van der Waals surface area contributed by atoms with Gasteiger partial charge in [-0.1, -0.05) is 27.5 Å². The highest BCUT2D eigenvalue weighted by molar-refractivity contribution is 9.10. The molecular weight excluding hydrogens is 550 g/mol. The van der Waals surface area contributed by atoms with E-state index in [2.05, 4.69) is 21.2 Å². The quantitative estimate of drug-likeness (QED) is 0.224. The molecule has 9 nitrogen and oxygen atoms in total. The largest absolute Gasteiger partial charge is 0.457 e. The fraction of sp³-hybridized carbons (Fsp3) is 0.0455. The number of anilines is 1. The summed E-state index contributed by atoms with van der Waals surface area (Å²) in [6.07, 6.45) is 1.37. The normalized spacial score (nSPS) is 14.6. The lowest BCUT2D eigenvalue weighted by molar-refractivity contribution is -0.384. The fourth-order valence-corrected chi connectivity index (χ4v) is 4.33. The van der Waals surface area contributed by atoms with Crippen molar-refractivity contribution in [2.75, 3.05) is 11.9 Å². The molecule has 1 aliphatic heterocycles. The summed E-state index contributed by atoms with van der Waals surface area (Å²) in [6, 6.07) is 13.9. The Bertz CT molecular complexity index is 1350. The molecule has 0 aliphatic carbocycles. The summed E-state index contributed by atoms with van der Waals surface area (Å²) in [4.78, 5) is 48.7. The standard InChI is InChI=1S/C22H13BrClN3O6S/c23-12-1-3-13(4-2-12)25-20(28)11-26-21(29)19(34-22(26)30)10-15-6-8-18(33-15)16-9-14(27(31)32)5-7-17(16)24/h1-10H,11H2,(H,25,28)/b19-10+. The van der Waals surface area contributed by atoms with E-state index < -0.39 is 28.5 Å². The van der Waals surface area contributed by atoms with E-state index in [-0.39, 0.29) is 27.1 Å². The molecule has 0 saturated carbocycles. The van der Waals surface area contributed by atoms with Crippen LogP contribution in [0.2, 0.25) is 5.02 Å². The zero-order chi connectivity index (χ0) is 24.4. The second kappa shape index (κ2) is 9.84. The summed E-state index contributed by atoms with van der Waals surface area (Å²) in [5.41, 5.74) is 0.687. The number of nitrogens with zero attached hydrogens (tertiary/aromatic N) is 2. The molecule has 3 aromatic rings. The maximum Gasteiger partial charge on any atom is 0.294 e. The number of nitro groups is 1. The molecule has 12 heteroatoms. The van der Waals surface area contributed by atoms with Crippen LogP contribution in [0.25, 0.3) is 17.4 Å². The maximum atomic E-state index is 12.7. The molecule has 0 radical (unpaired) electrons. The van der Waals surface area contributed by atoms with Gasteiger partial charge in [-0.3, -0.25) is 29.4 Å². The molecule has 0 spiro atoms. The number of furan rings is 1. The number of benzene rings is 2. The molecule has 4 rings (SSSR count). The summed E-state index contributed by atoms with van der Waals surface area (Å²) in [5.74, 6) is -0.658. The minimum Gasteiger partial charge on any atom is -0.457 e. The third-order valence-corrected chi connectivity index (χ3v) is 6.40. The van der Waals surface area contributed by atoms with E-state index in [9.17, 15) is 24.5 Å². The molecule has 1 saturated heterocycles. The first-order chi connectivity index (χ1) is 16.2. The van der Waals surface area contributed by atoms with Crippen LogP contribution in [0.5, 0.6) is 0 Å². The van der Waals surface area contributed by atoms with E-state index in [1.54, 1.807) is 36.4 Å². The van der Waals surface area contributed by atoms with Crippen LogP contribution in [0, 0.1) is 10.1 Å². The highest BCUT2D eigenvalue weighted by Crippen LogP contribution is 2.35. The summed E-state index contributed by atoms with van der Waals surface area (Å²) in [6.45, 7) is -0.440. The first-order valence-corrected chi connectivity index (χ1v) is 11.5. The molecule has 1 fully saturated rings. The van der Waals surface area contributed by atoms with Crippen molar-refractivity contribution in [1.29, 1.82) is 0 Å². The first-order valence-electron chi connectivity index (χ1n) is 9.56. The van der Waals surface area contributed by atoms with Gasteiger partial charge in [0.25, 0.3) is 16.8 Å². The van der Waals surface area contributed by atoms with Crippen LogP contribution in [0.1, 0.15) is 5.76 Å². The number of thioether (sulfide) groups is 1. The van der Waals surface area contributed by atoms with Gasteiger partial charge in [0, 0.05) is 33.9 Å². The predicted octanol–water partition coefficient (Wildman–Crippen LogP) is 5.95. The average Bonchev–Trinajstić information content (AvgIpc) is 3.35. The molecule has 1 aromatic heterocycles. The predicted molar refractivity (Wildman–Crippen MR) is 131 cm³/mol. The number of carbonyl (C=O) groups is 3. The van der Waals surface area contributed by atoms with E-state index in [4.69, 9.17) is 16.0 Å². The summed E-state index contributed by atoms with van der Waals surface area (Å²) >= 11 is 10.1. The molecule has 34 heavy (non-hydrogen) atoms. The third kappa shape index (κ3) is 5.22. The van der Waals surface area contributed by atoms with Gasteiger partial charge >= 0.3 is 0 Å². The van der Waals surface area contributed by atoms with Crippen LogP contribution >= 0.6 is 39.3 Å². The number of nitro benzene ring substituents is 1. The molecule has 1 N–H and O–H groups in total. The Morgan fingerprint density at radius 1 is 1.18 bits per heavy atom. The number of nitrogens with one attached hydrogen (secondary N) is 1. The maximum absolute atomic E-state index is 12.7. The van der Waals surface area contributed by atoms with Crippen LogP contribution in [0.3, 0.4) is 0 Å². The second-order valence-corrected chi connectivity index (χ2v) is 9.26. The van der Waals surface area contributed by atoms with Gasteiger partial charge in [-0.2, -0.15) is 0 Å². The van der Waals surface area contributed by atoms with E-state index in [0.717, 1.165) is 9.37 Å². The number of hydrogen-bond donors (Lipinski definition) is 1. The van der Waals surface area contributed by atoms with Crippen LogP contribution in [0.4, 0.5) is 16.2 Å². The Balaban J connectivity index is 1.48. The summed E-state index contributed by atoms with van der Waals surface area (Å²) < 4.78 is 6.52. The lowest BCUT2D eigenvalue weighted by atomic mass is 10.1.